The van der Waals surface area contributed by atoms with Crippen molar-refractivity contribution >= 4 is 23.2 Å². The summed E-state index contributed by atoms with van der Waals surface area (Å²) >= 11 is 6.26. The van der Waals surface area contributed by atoms with Crippen molar-refractivity contribution in [1.82, 2.24) is 5.01 Å². The third-order valence-electron chi connectivity index (χ3n) is 5.20. The minimum absolute atomic E-state index is 0.299. The first-order chi connectivity index (χ1) is 15.0. The van der Waals surface area contributed by atoms with Crippen LogP contribution in [0.3, 0.4) is 0 Å². The van der Waals surface area contributed by atoms with Crippen molar-refractivity contribution in [3.05, 3.63) is 94.3 Å². The second-order valence-electron chi connectivity index (χ2n) is 6.98. The average molecular weight is 439 g/mol. The van der Waals surface area contributed by atoms with Gasteiger partial charge in [0.15, 0.2) is 0 Å². The van der Waals surface area contributed by atoms with E-state index in [4.69, 9.17) is 21.1 Å². The number of carbonyl (C=O) groups is 1. The highest BCUT2D eigenvalue weighted by atomic mass is 35.5. The number of nitrogens with zero attached hydrogens (tertiary/aromatic N) is 2. The number of benzene rings is 3. The lowest BCUT2D eigenvalue weighted by Crippen LogP contribution is -2.27. The molecule has 1 aliphatic rings. The Kier molecular flexibility index (Phi) is 5.91. The summed E-state index contributed by atoms with van der Waals surface area (Å²) in [6.07, 6.45) is 0.306. The number of methoxy groups -OCH3 is 2. The van der Waals surface area contributed by atoms with Gasteiger partial charge < -0.3 is 9.47 Å². The number of ether oxygens (including phenoxy) is 2. The molecule has 0 fully saturated rings. The lowest BCUT2D eigenvalue weighted by molar-refractivity contribution is 0.0709. The summed E-state index contributed by atoms with van der Waals surface area (Å²) < 4.78 is 25.5. The van der Waals surface area contributed by atoms with Gasteiger partial charge in [-0.1, -0.05) is 41.9 Å². The molecule has 5 nitrogen and oxygen atoms in total. The van der Waals surface area contributed by atoms with E-state index in [9.17, 15) is 9.18 Å². The highest BCUT2D eigenvalue weighted by Gasteiger charge is 2.36. The molecule has 0 aliphatic carbocycles. The molecule has 4 rings (SSSR count). The van der Waals surface area contributed by atoms with E-state index in [1.54, 1.807) is 74.9 Å². The van der Waals surface area contributed by atoms with E-state index in [-0.39, 0.29) is 0 Å². The van der Waals surface area contributed by atoms with Crippen LogP contribution < -0.4 is 9.47 Å². The van der Waals surface area contributed by atoms with Crippen LogP contribution in [0.4, 0.5) is 4.39 Å². The first-order valence-corrected chi connectivity index (χ1v) is 10.0. The first-order valence-electron chi connectivity index (χ1n) is 9.66. The Morgan fingerprint density at radius 1 is 1.06 bits per heavy atom. The largest absolute Gasteiger partial charge is 0.497 e. The van der Waals surface area contributed by atoms with Gasteiger partial charge in [0.2, 0.25) is 0 Å². The number of hydrogen-bond acceptors (Lipinski definition) is 4. The normalized spacial score (nSPS) is 15.5. The van der Waals surface area contributed by atoms with Crippen LogP contribution in [0, 0.1) is 5.82 Å². The molecule has 1 amide bonds. The molecule has 0 spiro atoms. The minimum Gasteiger partial charge on any atom is -0.497 e. The molecule has 3 aromatic carbocycles. The number of halogens is 2. The minimum atomic E-state index is -0.629. The van der Waals surface area contributed by atoms with Gasteiger partial charge >= 0.3 is 0 Å². The molecule has 0 radical (unpaired) electrons. The van der Waals surface area contributed by atoms with Gasteiger partial charge in [0.25, 0.3) is 5.91 Å². The van der Waals surface area contributed by atoms with Gasteiger partial charge in [-0.3, -0.25) is 4.79 Å². The molecule has 1 heterocycles. The topological polar surface area (TPSA) is 51.1 Å². The van der Waals surface area contributed by atoms with Crippen LogP contribution in [0.2, 0.25) is 5.02 Å². The van der Waals surface area contributed by atoms with Crippen LogP contribution in [0.15, 0.2) is 71.8 Å². The Balaban J connectivity index is 1.82. The van der Waals surface area contributed by atoms with Crippen molar-refractivity contribution in [2.75, 3.05) is 14.2 Å². The third kappa shape index (κ3) is 3.99. The summed E-state index contributed by atoms with van der Waals surface area (Å²) in [6, 6.07) is 17.8. The van der Waals surface area contributed by atoms with Gasteiger partial charge in [0.05, 0.1) is 36.6 Å². The van der Waals surface area contributed by atoms with E-state index in [0.717, 1.165) is 0 Å². The fourth-order valence-electron chi connectivity index (χ4n) is 3.65. The molecular weight excluding hydrogens is 419 g/mol. The Morgan fingerprint density at radius 2 is 1.81 bits per heavy atom. The monoisotopic (exact) mass is 438 g/mol. The zero-order chi connectivity index (χ0) is 22.0. The summed E-state index contributed by atoms with van der Waals surface area (Å²) in [5, 5.41) is 6.21. The van der Waals surface area contributed by atoms with Crippen molar-refractivity contribution in [2.45, 2.75) is 12.5 Å². The summed E-state index contributed by atoms with van der Waals surface area (Å²) in [6.45, 7) is 0. The Hall–Kier alpha value is -3.38. The summed E-state index contributed by atoms with van der Waals surface area (Å²) in [7, 11) is 3.12. The van der Waals surface area contributed by atoms with E-state index in [1.165, 1.54) is 11.1 Å². The van der Waals surface area contributed by atoms with Gasteiger partial charge in [0.1, 0.15) is 17.3 Å². The first kappa shape index (κ1) is 20.9. The van der Waals surface area contributed by atoms with Gasteiger partial charge in [0, 0.05) is 17.5 Å². The van der Waals surface area contributed by atoms with Gasteiger partial charge in [-0.2, -0.15) is 5.10 Å². The molecule has 1 aliphatic heterocycles. The zero-order valence-corrected chi connectivity index (χ0v) is 17.8. The highest BCUT2D eigenvalue weighted by Crippen LogP contribution is 2.38. The second-order valence-corrected chi connectivity index (χ2v) is 7.39. The molecule has 0 unspecified atom stereocenters. The van der Waals surface area contributed by atoms with Crippen molar-refractivity contribution in [1.29, 1.82) is 0 Å². The van der Waals surface area contributed by atoms with Crippen molar-refractivity contribution in [3.63, 3.8) is 0 Å². The predicted octanol–water partition coefficient (Wildman–Crippen LogP) is 5.49. The molecule has 0 bridgehead atoms. The van der Waals surface area contributed by atoms with Gasteiger partial charge in [-0.15, -0.1) is 0 Å². The van der Waals surface area contributed by atoms with Crippen LogP contribution in [0.1, 0.15) is 33.9 Å². The van der Waals surface area contributed by atoms with Crippen LogP contribution in [-0.4, -0.2) is 30.8 Å². The predicted molar refractivity (Wildman–Crippen MR) is 117 cm³/mol. The Labute approximate surface area is 184 Å². The molecule has 0 N–H and O–H groups in total. The maximum absolute atomic E-state index is 14.7. The lowest BCUT2D eigenvalue weighted by Gasteiger charge is -2.22. The molecule has 7 heteroatoms. The molecular formula is C24H20ClFN2O3. The van der Waals surface area contributed by atoms with Crippen LogP contribution in [-0.2, 0) is 0 Å². The number of carbonyl (C=O) groups excluding carboxylic acids is 1. The lowest BCUT2D eigenvalue weighted by atomic mass is 9.97. The van der Waals surface area contributed by atoms with E-state index in [1.807, 2.05) is 0 Å². The SMILES string of the molecule is COc1ccc(OC)c(C2=NN(C(=O)c3ccccc3Cl)[C@@H](c3ccccc3F)C2)c1. The van der Waals surface area contributed by atoms with Gasteiger partial charge in [-0.25, -0.2) is 9.40 Å². The Bertz CT molecular complexity index is 1170. The number of amides is 1. The zero-order valence-electron chi connectivity index (χ0n) is 17.0. The van der Waals surface area contributed by atoms with E-state index >= 15 is 0 Å². The Morgan fingerprint density at radius 3 is 2.52 bits per heavy atom. The molecule has 1 atom stereocenters. The maximum Gasteiger partial charge on any atom is 0.276 e. The number of hydrogen-bond donors (Lipinski definition) is 0. The van der Waals surface area contributed by atoms with Crippen molar-refractivity contribution < 1.29 is 18.7 Å². The van der Waals surface area contributed by atoms with Gasteiger partial charge in [-0.05, 0) is 36.4 Å². The number of rotatable bonds is 5. The summed E-state index contributed by atoms with van der Waals surface area (Å²) in [5.74, 6) is 0.393. The van der Waals surface area contributed by atoms with E-state index < -0.39 is 17.8 Å². The standard InChI is InChI=1S/C24H20ClFN2O3/c1-30-15-11-12-23(31-2)18(13-15)21-14-22(17-8-4-6-10-20(17)26)28(27-21)24(29)16-7-3-5-9-19(16)25/h3-13,22H,14H2,1-2H3/t22-/m1/s1. The molecule has 0 saturated heterocycles. The van der Waals surface area contributed by atoms with Crippen LogP contribution in [0.5, 0.6) is 11.5 Å². The summed E-state index contributed by atoms with van der Waals surface area (Å²) in [5.41, 5.74) is 1.94. The molecule has 0 saturated carbocycles. The van der Waals surface area contributed by atoms with E-state index in [2.05, 4.69) is 5.10 Å². The maximum atomic E-state index is 14.7. The molecule has 3 aromatic rings. The number of hydrazone groups is 1. The smallest absolute Gasteiger partial charge is 0.276 e. The third-order valence-corrected chi connectivity index (χ3v) is 5.53. The second kappa shape index (κ2) is 8.78. The molecule has 158 valence electrons. The van der Waals surface area contributed by atoms with Crippen LogP contribution >= 0.6 is 11.6 Å². The van der Waals surface area contributed by atoms with Crippen LogP contribution in [0.25, 0.3) is 0 Å². The fraction of sp³-hybridized carbons (Fsp3) is 0.167. The van der Waals surface area contributed by atoms with Crippen molar-refractivity contribution in [3.8, 4) is 11.5 Å². The fourth-order valence-corrected chi connectivity index (χ4v) is 3.86. The quantitative estimate of drug-likeness (QED) is 0.529. The van der Waals surface area contributed by atoms with Crippen molar-refractivity contribution in [2.24, 2.45) is 5.10 Å². The summed E-state index contributed by atoms with van der Waals surface area (Å²) in [4.78, 5) is 13.4. The average Bonchev–Trinajstić information content (AvgIpc) is 3.24. The molecule has 0 aromatic heterocycles. The van der Waals surface area contributed by atoms with E-state index in [0.29, 0.717) is 45.3 Å². The molecule has 31 heavy (non-hydrogen) atoms. The highest BCUT2D eigenvalue weighted by molar-refractivity contribution is 6.33.